The highest BCUT2D eigenvalue weighted by molar-refractivity contribution is 8.00. The van der Waals surface area contributed by atoms with Crippen molar-refractivity contribution in [1.29, 1.82) is 0 Å². The van der Waals surface area contributed by atoms with Gasteiger partial charge in [0.1, 0.15) is 17.5 Å². The van der Waals surface area contributed by atoms with Gasteiger partial charge in [0, 0.05) is 16.5 Å². The molecule has 12 heteroatoms. The van der Waals surface area contributed by atoms with Gasteiger partial charge in [0.2, 0.25) is 17.7 Å². The van der Waals surface area contributed by atoms with E-state index in [4.69, 9.17) is 14.2 Å². The molecule has 3 atom stereocenters. The van der Waals surface area contributed by atoms with E-state index in [1.165, 1.54) is 23.7 Å². The van der Waals surface area contributed by atoms with Crippen molar-refractivity contribution in [3.05, 3.63) is 105 Å². The van der Waals surface area contributed by atoms with Crippen molar-refractivity contribution in [2.75, 3.05) is 31.5 Å². The first-order chi connectivity index (χ1) is 22.8. The average Bonchev–Trinajstić information content (AvgIpc) is 3.53. The number of nitrogens with zero attached hydrogens (tertiary/aromatic N) is 2. The summed E-state index contributed by atoms with van der Waals surface area (Å²) in [6.07, 6.45) is 0. The standard InChI is InChI=1S/C35H29N3O7S2/c1-43-24-13-11-23(12-14-24)38-32(40)29-28(21-9-15-25(44-2)26(17-21)45-3)31-34(46-30(29)33(38)41)37(35(42)47-31)18-27(39)36-22-10-8-19-6-4-5-7-20(19)16-22/h4-17,28-30H,18H2,1-3H3,(H,36,39)/t28-,29-,30+/m0/s1. The highest BCUT2D eigenvalue weighted by atomic mass is 32.2. The maximum Gasteiger partial charge on any atom is 0.308 e. The largest absolute Gasteiger partial charge is 0.497 e. The van der Waals surface area contributed by atoms with Crippen LogP contribution in [-0.4, -0.2) is 48.9 Å². The lowest BCUT2D eigenvalue weighted by atomic mass is 9.83. The number of imide groups is 1. The SMILES string of the molecule is COc1ccc(N2C(=O)[C@H]3[C@H](c4ccc(OC)c(OC)c4)c4sc(=O)n(CC(=O)Nc5ccc6ccccc6c5)c4S[C@H]3C2=O)cc1. The van der Waals surface area contributed by atoms with Gasteiger partial charge in [0.05, 0.1) is 38.0 Å². The molecule has 3 heterocycles. The zero-order chi connectivity index (χ0) is 32.8. The number of anilines is 2. The van der Waals surface area contributed by atoms with E-state index in [0.29, 0.717) is 44.1 Å². The molecule has 1 fully saturated rings. The van der Waals surface area contributed by atoms with E-state index in [-0.39, 0.29) is 23.2 Å². The summed E-state index contributed by atoms with van der Waals surface area (Å²) in [5, 5.41) is 4.58. The van der Waals surface area contributed by atoms with Crippen molar-refractivity contribution in [2.45, 2.75) is 22.7 Å². The highest BCUT2D eigenvalue weighted by Gasteiger charge is 2.57. The molecular formula is C35H29N3O7S2. The average molecular weight is 668 g/mol. The summed E-state index contributed by atoms with van der Waals surface area (Å²) in [4.78, 5) is 56.6. The number of ether oxygens (including phenoxy) is 3. The van der Waals surface area contributed by atoms with Crippen LogP contribution in [0.2, 0.25) is 0 Å². The smallest absolute Gasteiger partial charge is 0.308 e. The van der Waals surface area contributed by atoms with Gasteiger partial charge in [-0.05, 0) is 64.9 Å². The lowest BCUT2D eigenvalue weighted by molar-refractivity contribution is -0.122. The summed E-state index contributed by atoms with van der Waals surface area (Å²) in [7, 11) is 4.59. The maximum atomic E-state index is 14.2. The third-order valence-corrected chi connectivity index (χ3v) is 11.1. The number of nitrogens with one attached hydrogen (secondary N) is 1. The zero-order valence-corrected chi connectivity index (χ0v) is 27.2. The van der Waals surface area contributed by atoms with Crippen LogP contribution < -0.4 is 29.3 Å². The summed E-state index contributed by atoms with van der Waals surface area (Å²) in [6.45, 7) is -0.259. The molecule has 47 heavy (non-hydrogen) atoms. The Balaban J connectivity index is 1.28. The molecule has 4 aromatic carbocycles. The minimum atomic E-state index is -0.834. The fourth-order valence-corrected chi connectivity index (χ4v) is 9.03. The Kier molecular flexibility index (Phi) is 7.98. The molecule has 0 unspecified atom stereocenters. The van der Waals surface area contributed by atoms with E-state index in [1.807, 2.05) is 48.5 Å². The van der Waals surface area contributed by atoms with E-state index in [1.54, 1.807) is 43.5 Å². The molecule has 5 aromatic rings. The van der Waals surface area contributed by atoms with Crippen LogP contribution >= 0.6 is 23.1 Å². The first-order valence-corrected chi connectivity index (χ1v) is 16.4. The predicted octanol–water partition coefficient (Wildman–Crippen LogP) is 5.52. The van der Waals surface area contributed by atoms with E-state index < -0.39 is 23.0 Å². The Hall–Kier alpha value is -5.07. The van der Waals surface area contributed by atoms with Gasteiger partial charge in [-0.1, -0.05) is 59.5 Å². The van der Waals surface area contributed by atoms with Crippen LogP contribution in [0.25, 0.3) is 10.8 Å². The summed E-state index contributed by atoms with van der Waals surface area (Å²) < 4.78 is 17.7. The molecule has 7 rings (SSSR count). The minimum absolute atomic E-state index is 0.259. The number of hydrogen-bond acceptors (Lipinski definition) is 9. The number of thioether (sulfide) groups is 1. The summed E-state index contributed by atoms with van der Waals surface area (Å²) >= 11 is 2.14. The third-order valence-electron chi connectivity index (χ3n) is 8.48. The Labute approximate surface area is 277 Å². The molecule has 0 radical (unpaired) electrons. The number of hydrogen-bond donors (Lipinski definition) is 1. The van der Waals surface area contributed by atoms with E-state index in [2.05, 4.69) is 5.32 Å². The van der Waals surface area contributed by atoms with Gasteiger partial charge < -0.3 is 19.5 Å². The van der Waals surface area contributed by atoms with Crippen molar-refractivity contribution in [3.63, 3.8) is 0 Å². The maximum absolute atomic E-state index is 14.2. The van der Waals surface area contributed by atoms with Gasteiger partial charge >= 0.3 is 4.87 Å². The van der Waals surface area contributed by atoms with Crippen molar-refractivity contribution in [1.82, 2.24) is 4.57 Å². The lowest BCUT2D eigenvalue weighted by Gasteiger charge is -2.31. The fourth-order valence-electron chi connectivity index (χ4n) is 6.26. The Morgan fingerprint density at radius 2 is 1.55 bits per heavy atom. The van der Waals surface area contributed by atoms with Crippen molar-refractivity contribution in [3.8, 4) is 17.2 Å². The van der Waals surface area contributed by atoms with Crippen LogP contribution in [0.1, 0.15) is 16.4 Å². The highest BCUT2D eigenvalue weighted by Crippen LogP contribution is 2.54. The molecule has 3 amide bonds. The molecule has 1 aromatic heterocycles. The van der Waals surface area contributed by atoms with Crippen molar-refractivity contribution >= 4 is 63.0 Å². The van der Waals surface area contributed by atoms with Crippen LogP contribution in [0.3, 0.4) is 0 Å². The predicted molar refractivity (Wildman–Crippen MR) is 181 cm³/mol. The first-order valence-electron chi connectivity index (χ1n) is 14.7. The van der Waals surface area contributed by atoms with Crippen LogP contribution in [-0.2, 0) is 20.9 Å². The topological polar surface area (TPSA) is 116 Å². The molecule has 10 nitrogen and oxygen atoms in total. The summed E-state index contributed by atoms with van der Waals surface area (Å²) in [6, 6.07) is 25.5. The number of fused-ring (bicyclic) bond motifs is 3. The van der Waals surface area contributed by atoms with Crippen LogP contribution in [0, 0.1) is 5.92 Å². The number of carbonyl (C=O) groups excluding carboxylic acids is 3. The van der Waals surface area contributed by atoms with E-state index in [0.717, 1.165) is 33.9 Å². The van der Waals surface area contributed by atoms with E-state index in [9.17, 15) is 19.2 Å². The molecular weight excluding hydrogens is 639 g/mol. The van der Waals surface area contributed by atoms with Crippen LogP contribution in [0.4, 0.5) is 11.4 Å². The number of benzene rings is 4. The fraction of sp³-hybridized carbons (Fsp3) is 0.200. The van der Waals surface area contributed by atoms with Crippen LogP contribution in [0.15, 0.2) is 94.7 Å². The molecule has 1 saturated heterocycles. The third kappa shape index (κ3) is 5.33. The second-order valence-electron chi connectivity index (χ2n) is 11.1. The van der Waals surface area contributed by atoms with Gasteiger partial charge in [-0.25, -0.2) is 4.90 Å². The normalized spacial score (nSPS) is 18.5. The number of thiazole rings is 1. The number of amides is 3. The van der Waals surface area contributed by atoms with Gasteiger partial charge in [-0.15, -0.1) is 0 Å². The number of rotatable bonds is 8. The molecule has 0 saturated carbocycles. The Morgan fingerprint density at radius 1 is 0.809 bits per heavy atom. The van der Waals surface area contributed by atoms with Gasteiger partial charge in [0.25, 0.3) is 0 Å². The summed E-state index contributed by atoms with van der Waals surface area (Å²) in [5.74, 6) is -1.06. The molecule has 238 valence electrons. The zero-order valence-electron chi connectivity index (χ0n) is 25.6. The quantitative estimate of drug-likeness (QED) is 0.215. The molecule has 2 aliphatic rings. The van der Waals surface area contributed by atoms with Crippen LogP contribution in [0.5, 0.6) is 17.2 Å². The molecule has 0 bridgehead atoms. The van der Waals surface area contributed by atoms with Gasteiger partial charge in [0.15, 0.2) is 11.5 Å². The molecule has 0 spiro atoms. The number of methoxy groups -OCH3 is 3. The van der Waals surface area contributed by atoms with Crippen molar-refractivity contribution < 1.29 is 28.6 Å². The second kappa shape index (κ2) is 12.3. The Bertz CT molecular complexity index is 2110. The van der Waals surface area contributed by atoms with Crippen molar-refractivity contribution in [2.24, 2.45) is 5.92 Å². The van der Waals surface area contributed by atoms with E-state index >= 15 is 0 Å². The number of aromatic nitrogens is 1. The lowest BCUT2D eigenvalue weighted by Crippen LogP contribution is -2.33. The summed E-state index contributed by atoms with van der Waals surface area (Å²) in [5.41, 5.74) is 1.72. The number of carbonyl (C=O) groups is 3. The molecule has 2 aliphatic heterocycles. The second-order valence-corrected chi connectivity index (χ2v) is 13.2. The first kappa shape index (κ1) is 30.6. The minimum Gasteiger partial charge on any atom is -0.497 e. The van der Waals surface area contributed by atoms with Gasteiger partial charge in [-0.3, -0.25) is 23.7 Å². The molecule has 1 N–H and O–H groups in total. The monoisotopic (exact) mass is 667 g/mol. The van der Waals surface area contributed by atoms with Gasteiger partial charge in [-0.2, -0.15) is 0 Å². The molecule has 0 aliphatic carbocycles. The Morgan fingerprint density at radius 3 is 2.28 bits per heavy atom.